The van der Waals surface area contributed by atoms with Gasteiger partial charge < -0.3 is 4.90 Å². The molecule has 6 aromatic carbocycles. The standard InChI is InChI=1S/C46H37N3S/c1-4-14-33(15-5-1)39-32-40(48-45(47-39)35-16-6-2-7-17-35)34-22-24-36(25-23-34)46(30-12-3-13-31-46)37-26-28-38(29-27-37)49-41-18-8-10-20-43(41)50-44-21-11-9-19-42(44)49/h1-2,4-11,14-29,32H,3,12-13,30-31H2. The second kappa shape index (κ2) is 13.1. The zero-order valence-corrected chi connectivity index (χ0v) is 28.7. The number of hydrogen-bond acceptors (Lipinski definition) is 4. The Morgan fingerprint density at radius 2 is 0.940 bits per heavy atom. The molecule has 1 fully saturated rings. The fourth-order valence-electron chi connectivity index (χ4n) is 7.84. The molecule has 7 aromatic rings. The fourth-order valence-corrected chi connectivity index (χ4v) is 8.90. The zero-order chi connectivity index (χ0) is 33.3. The van der Waals surface area contributed by atoms with Gasteiger partial charge in [-0.3, -0.25) is 0 Å². The second-order valence-corrected chi connectivity index (χ2v) is 14.4. The molecule has 1 saturated carbocycles. The van der Waals surface area contributed by atoms with Crippen molar-refractivity contribution in [2.24, 2.45) is 0 Å². The molecule has 1 aliphatic heterocycles. The Morgan fingerprint density at radius 3 is 1.52 bits per heavy atom. The van der Waals surface area contributed by atoms with E-state index in [0.717, 1.165) is 46.7 Å². The molecule has 9 rings (SSSR count). The van der Waals surface area contributed by atoms with Crippen LogP contribution in [0.4, 0.5) is 17.1 Å². The molecule has 0 spiro atoms. The molecule has 0 N–H and O–H groups in total. The van der Waals surface area contributed by atoms with Crippen LogP contribution < -0.4 is 4.90 Å². The van der Waals surface area contributed by atoms with Crippen LogP contribution in [0.5, 0.6) is 0 Å². The number of anilines is 3. The molecule has 0 radical (unpaired) electrons. The molecule has 1 aliphatic carbocycles. The number of hydrogen-bond donors (Lipinski definition) is 0. The van der Waals surface area contributed by atoms with Gasteiger partial charge in [0.2, 0.25) is 0 Å². The summed E-state index contributed by atoms with van der Waals surface area (Å²) < 4.78 is 0. The van der Waals surface area contributed by atoms with Crippen molar-refractivity contribution < 1.29 is 0 Å². The van der Waals surface area contributed by atoms with Crippen LogP contribution in [-0.2, 0) is 5.41 Å². The molecule has 50 heavy (non-hydrogen) atoms. The molecule has 0 saturated heterocycles. The number of rotatable bonds is 6. The van der Waals surface area contributed by atoms with Gasteiger partial charge in [0.15, 0.2) is 5.82 Å². The smallest absolute Gasteiger partial charge is 0.160 e. The predicted molar refractivity (Wildman–Crippen MR) is 207 cm³/mol. The molecule has 0 atom stereocenters. The van der Waals surface area contributed by atoms with Crippen molar-refractivity contribution in [2.45, 2.75) is 47.3 Å². The van der Waals surface area contributed by atoms with Gasteiger partial charge in [-0.1, -0.05) is 152 Å². The minimum Gasteiger partial charge on any atom is -0.308 e. The molecule has 0 unspecified atom stereocenters. The van der Waals surface area contributed by atoms with E-state index in [2.05, 4.69) is 144 Å². The van der Waals surface area contributed by atoms with Gasteiger partial charge in [0, 0.05) is 37.6 Å². The summed E-state index contributed by atoms with van der Waals surface area (Å²) >= 11 is 1.85. The van der Waals surface area contributed by atoms with E-state index in [9.17, 15) is 0 Å². The van der Waals surface area contributed by atoms with E-state index >= 15 is 0 Å². The lowest BCUT2D eigenvalue weighted by atomic mass is 9.65. The van der Waals surface area contributed by atoms with Crippen molar-refractivity contribution in [3.63, 3.8) is 0 Å². The van der Waals surface area contributed by atoms with Crippen molar-refractivity contribution in [2.75, 3.05) is 4.90 Å². The molecule has 2 heterocycles. The van der Waals surface area contributed by atoms with Gasteiger partial charge >= 0.3 is 0 Å². The summed E-state index contributed by atoms with van der Waals surface area (Å²) in [4.78, 5) is 15.1. The van der Waals surface area contributed by atoms with E-state index in [1.807, 2.05) is 36.0 Å². The van der Waals surface area contributed by atoms with Crippen LogP contribution in [0.3, 0.4) is 0 Å². The first-order valence-corrected chi connectivity index (χ1v) is 18.4. The summed E-state index contributed by atoms with van der Waals surface area (Å²) in [5.74, 6) is 0.743. The van der Waals surface area contributed by atoms with Crippen molar-refractivity contribution in [3.05, 3.63) is 175 Å². The largest absolute Gasteiger partial charge is 0.308 e. The number of aromatic nitrogens is 2. The topological polar surface area (TPSA) is 29.0 Å². The Hall–Kier alpha value is -5.45. The number of benzene rings is 6. The van der Waals surface area contributed by atoms with Gasteiger partial charge in [-0.25, -0.2) is 9.97 Å². The summed E-state index contributed by atoms with van der Waals surface area (Å²) in [6.45, 7) is 0. The number of nitrogens with zero attached hydrogens (tertiary/aromatic N) is 3. The van der Waals surface area contributed by atoms with E-state index < -0.39 is 0 Å². The predicted octanol–water partition coefficient (Wildman–Crippen LogP) is 12.7. The number of fused-ring (bicyclic) bond motifs is 2. The van der Waals surface area contributed by atoms with E-state index in [1.165, 1.54) is 57.2 Å². The minimum atomic E-state index is -0.0149. The van der Waals surface area contributed by atoms with Gasteiger partial charge in [0.05, 0.1) is 22.8 Å². The highest BCUT2D eigenvalue weighted by molar-refractivity contribution is 7.99. The van der Waals surface area contributed by atoms with Crippen molar-refractivity contribution in [3.8, 4) is 33.9 Å². The lowest BCUT2D eigenvalue weighted by Gasteiger charge is -2.39. The number of para-hydroxylation sites is 2. The molecular weight excluding hydrogens is 627 g/mol. The highest BCUT2D eigenvalue weighted by Gasteiger charge is 2.36. The van der Waals surface area contributed by atoms with Gasteiger partial charge in [0.25, 0.3) is 0 Å². The monoisotopic (exact) mass is 663 g/mol. The molecule has 0 bridgehead atoms. The van der Waals surface area contributed by atoms with E-state index in [1.54, 1.807) is 0 Å². The summed E-state index contributed by atoms with van der Waals surface area (Å²) in [5, 5.41) is 0. The Balaban J connectivity index is 1.08. The Bertz CT molecular complexity index is 2160. The third-order valence-electron chi connectivity index (χ3n) is 10.4. The van der Waals surface area contributed by atoms with E-state index in [0.29, 0.717) is 0 Å². The van der Waals surface area contributed by atoms with E-state index in [-0.39, 0.29) is 5.41 Å². The second-order valence-electron chi connectivity index (χ2n) is 13.3. The van der Waals surface area contributed by atoms with Crippen LogP contribution in [0.15, 0.2) is 174 Å². The lowest BCUT2D eigenvalue weighted by Crippen LogP contribution is -2.30. The van der Waals surface area contributed by atoms with Crippen molar-refractivity contribution in [1.29, 1.82) is 0 Å². The summed E-state index contributed by atoms with van der Waals surface area (Å²) in [5.41, 5.74) is 11.5. The first-order chi connectivity index (χ1) is 24.7. The molecule has 0 amide bonds. The first-order valence-electron chi connectivity index (χ1n) is 17.6. The maximum atomic E-state index is 5.09. The molecular formula is C46H37N3S. The Labute approximate surface area is 298 Å². The summed E-state index contributed by atoms with van der Waals surface area (Å²) in [7, 11) is 0. The van der Waals surface area contributed by atoms with Gasteiger partial charge in [0.1, 0.15) is 0 Å². The van der Waals surface area contributed by atoms with Crippen LogP contribution in [0, 0.1) is 0 Å². The highest BCUT2D eigenvalue weighted by atomic mass is 32.2. The van der Waals surface area contributed by atoms with Gasteiger partial charge in [-0.15, -0.1) is 0 Å². The van der Waals surface area contributed by atoms with Gasteiger partial charge in [-0.2, -0.15) is 0 Å². The molecule has 1 aromatic heterocycles. The normalized spacial score (nSPS) is 14.8. The summed E-state index contributed by atoms with van der Waals surface area (Å²) in [6.07, 6.45) is 6.08. The summed E-state index contributed by atoms with van der Waals surface area (Å²) in [6, 6.07) is 59.0. The SMILES string of the molecule is c1ccc(-c2cc(-c3ccc(C4(c5ccc(N6c7ccccc7Sc7ccccc76)cc5)CCCCC4)cc3)nc(-c3ccccc3)n2)cc1. The van der Waals surface area contributed by atoms with Crippen LogP contribution in [0.2, 0.25) is 0 Å². The van der Waals surface area contributed by atoms with Crippen LogP contribution in [-0.4, -0.2) is 9.97 Å². The lowest BCUT2D eigenvalue weighted by molar-refractivity contribution is 0.346. The maximum absolute atomic E-state index is 5.09. The third-order valence-corrected chi connectivity index (χ3v) is 11.5. The van der Waals surface area contributed by atoms with Crippen molar-refractivity contribution >= 4 is 28.8 Å². The molecule has 4 heteroatoms. The average molecular weight is 664 g/mol. The first kappa shape index (κ1) is 30.6. The third kappa shape index (κ3) is 5.60. The van der Waals surface area contributed by atoms with Crippen molar-refractivity contribution in [1.82, 2.24) is 9.97 Å². The molecule has 242 valence electrons. The molecule has 3 nitrogen and oxygen atoms in total. The van der Waals surface area contributed by atoms with E-state index in [4.69, 9.17) is 9.97 Å². The maximum Gasteiger partial charge on any atom is 0.160 e. The quantitative estimate of drug-likeness (QED) is 0.177. The molecule has 2 aliphatic rings. The highest BCUT2D eigenvalue weighted by Crippen LogP contribution is 2.52. The Kier molecular flexibility index (Phi) is 8.02. The Morgan fingerprint density at radius 1 is 0.460 bits per heavy atom. The van der Waals surface area contributed by atoms with Crippen LogP contribution in [0.1, 0.15) is 43.2 Å². The minimum absolute atomic E-state index is 0.0149. The van der Waals surface area contributed by atoms with Gasteiger partial charge in [-0.05, 0) is 66.4 Å². The zero-order valence-electron chi connectivity index (χ0n) is 27.9. The van der Waals surface area contributed by atoms with Crippen LogP contribution >= 0.6 is 11.8 Å². The fraction of sp³-hybridized carbons (Fsp3) is 0.130. The van der Waals surface area contributed by atoms with Crippen LogP contribution in [0.25, 0.3) is 33.9 Å². The average Bonchev–Trinajstić information content (AvgIpc) is 3.21.